The van der Waals surface area contributed by atoms with Gasteiger partial charge in [-0.3, -0.25) is 9.36 Å². The van der Waals surface area contributed by atoms with E-state index in [1.807, 2.05) is 54.2 Å². The van der Waals surface area contributed by atoms with Crippen LogP contribution in [0.1, 0.15) is 10.5 Å². The van der Waals surface area contributed by atoms with Gasteiger partial charge in [0.1, 0.15) is 17.2 Å². The van der Waals surface area contributed by atoms with Crippen molar-refractivity contribution in [3.8, 4) is 5.69 Å². The first-order valence-electron chi connectivity index (χ1n) is 9.58. The average molecular weight is 398 g/mol. The largest absolute Gasteiger partial charge is 0.351 e. The van der Waals surface area contributed by atoms with Crippen LogP contribution in [-0.2, 0) is 7.05 Å². The van der Waals surface area contributed by atoms with Crippen LogP contribution in [0.25, 0.3) is 27.6 Å². The first-order valence-corrected chi connectivity index (χ1v) is 9.58. The zero-order valence-electron chi connectivity index (χ0n) is 16.6. The Morgan fingerprint density at radius 2 is 1.87 bits per heavy atom. The fourth-order valence-electron chi connectivity index (χ4n) is 3.84. The summed E-state index contributed by atoms with van der Waals surface area (Å²) in [5.74, 6) is -0.570. The molecule has 0 saturated heterocycles. The summed E-state index contributed by atoms with van der Waals surface area (Å²) in [5, 5.41) is 1.87. The van der Waals surface area contributed by atoms with E-state index >= 15 is 0 Å². The molecule has 0 bridgehead atoms. The molecule has 0 unspecified atom stereocenters. The minimum atomic E-state index is -0.369. The number of nitrogens with zero attached hydrogens (tertiary/aromatic N) is 4. The van der Waals surface area contributed by atoms with Gasteiger partial charge in [-0.15, -0.1) is 0 Å². The fraction of sp³-hybridized carbons (Fsp3) is 0.0833. The van der Waals surface area contributed by atoms with E-state index in [1.54, 1.807) is 40.9 Å². The van der Waals surface area contributed by atoms with Crippen molar-refractivity contribution >= 4 is 33.5 Å². The highest BCUT2D eigenvalue weighted by atomic mass is 19.1. The van der Waals surface area contributed by atoms with Gasteiger partial charge >= 0.3 is 0 Å². The number of halogens is 1. The Hall–Kier alpha value is -3.93. The van der Waals surface area contributed by atoms with Crippen LogP contribution in [0.15, 0.2) is 79.1 Å². The van der Waals surface area contributed by atoms with E-state index in [-0.39, 0.29) is 11.7 Å². The van der Waals surface area contributed by atoms with E-state index in [0.717, 1.165) is 22.0 Å². The third-order valence-electron chi connectivity index (χ3n) is 5.41. The summed E-state index contributed by atoms with van der Waals surface area (Å²) < 4.78 is 17.7. The molecule has 0 aliphatic carbocycles. The number of fused-ring (bicyclic) bond motifs is 2. The van der Waals surface area contributed by atoms with Crippen LogP contribution in [-0.4, -0.2) is 27.1 Å². The first-order chi connectivity index (χ1) is 14.5. The van der Waals surface area contributed by atoms with Crippen LogP contribution >= 0.6 is 0 Å². The first kappa shape index (κ1) is 18.1. The number of pyridine rings is 1. The number of carbonyl (C=O) groups excluding carboxylic acids is 1. The summed E-state index contributed by atoms with van der Waals surface area (Å²) in [4.78, 5) is 19.6. The molecule has 0 spiro atoms. The van der Waals surface area contributed by atoms with Crippen molar-refractivity contribution in [2.24, 2.45) is 7.05 Å². The summed E-state index contributed by atoms with van der Waals surface area (Å²) in [6.07, 6.45) is 3.66. The molecular weight excluding hydrogens is 379 g/mol. The van der Waals surface area contributed by atoms with Crippen molar-refractivity contribution in [2.75, 3.05) is 11.9 Å². The molecule has 0 N–H and O–H groups in total. The number of hydrogen-bond acceptors (Lipinski definition) is 2. The Kier molecular flexibility index (Phi) is 4.13. The Morgan fingerprint density at radius 3 is 2.70 bits per heavy atom. The van der Waals surface area contributed by atoms with Gasteiger partial charge in [-0.25, -0.2) is 9.37 Å². The van der Waals surface area contributed by atoms with Crippen molar-refractivity contribution in [1.29, 1.82) is 0 Å². The molecule has 5 nitrogen and oxygen atoms in total. The minimum absolute atomic E-state index is 0.201. The zero-order chi connectivity index (χ0) is 20.8. The minimum Gasteiger partial charge on any atom is -0.351 e. The number of benzene rings is 2. The highest BCUT2D eigenvalue weighted by Crippen LogP contribution is 2.27. The molecule has 0 aliphatic rings. The normalized spacial score (nSPS) is 11.3. The molecule has 0 atom stereocenters. The van der Waals surface area contributed by atoms with Gasteiger partial charge in [0.2, 0.25) is 0 Å². The van der Waals surface area contributed by atoms with Gasteiger partial charge in [0, 0.05) is 48.5 Å². The van der Waals surface area contributed by atoms with Crippen molar-refractivity contribution in [3.05, 3.63) is 90.6 Å². The lowest BCUT2D eigenvalue weighted by atomic mass is 10.2. The summed E-state index contributed by atoms with van der Waals surface area (Å²) in [6, 6.07) is 19.6. The third-order valence-corrected chi connectivity index (χ3v) is 5.41. The third kappa shape index (κ3) is 2.85. The summed E-state index contributed by atoms with van der Waals surface area (Å²) in [5.41, 5.74) is 3.46. The van der Waals surface area contributed by atoms with Gasteiger partial charge in [0.15, 0.2) is 0 Å². The van der Waals surface area contributed by atoms with Gasteiger partial charge in [-0.1, -0.05) is 6.07 Å². The fourth-order valence-corrected chi connectivity index (χ4v) is 3.84. The zero-order valence-corrected chi connectivity index (χ0v) is 16.6. The van der Waals surface area contributed by atoms with Gasteiger partial charge in [0.25, 0.3) is 5.91 Å². The number of aromatic nitrogens is 3. The number of hydrogen-bond donors (Lipinski definition) is 0. The van der Waals surface area contributed by atoms with Crippen molar-refractivity contribution in [1.82, 2.24) is 14.1 Å². The molecule has 0 fully saturated rings. The van der Waals surface area contributed by atoms with Crippen LogP contribution in [0, 0.1) is 5.82 Å². The van der Waals surface area contributed by atoms with Crippen LogP contribution in [0.3, 0.4) is 0 Å². The second-order valence-electron chi connectivity index (χ2n) is 7.30. The molecule has 6 heteroatoms. The number of anilines is 1. The van der Waals surface area contributed by atoms with Gasteiger partial charge < -0.3 is 9.47 Å². The number of aryl methyl sites for hydroxylation is 1. The molecule has 2 aromatic carbocycles. The smallest absolute Gasteiger partial charge is 0.275 e. The molecule has 0 saturated carbocycles. The van der Waals surface area contributed by atoms with Crippen molar-refractivity contribution in [2.45, 2.75) is 0 Å². The maximum atomic E-state index is 13.9. The summed E-state index contributed by atoms with van der Waals surface area (Å²) >= 11 is 0. The van der Waals surface area contributed by atoms with Gasteiger partial charge in [-0.2, -0.15) is 0 Å². The molecule has 1 amide bonds. The van der Waals surface area contributed by atoms with Crippen LogP contribution < -0.4 is 4.90 Å². The predicted octanol–water partition coefficient (Wildman–Crippen LogP) is 4.93. The number of carbonyl (C=O) groups is 1. The van der Waals surface area contributed by atoms with Gasteiger partial charge in [-0.05, 0) is 60.7 Å². The maximum Gasteiger partial charge on any atom is 0.275 e. The van der Waals surface area contributed by atoms with E-state index in [1.165, 1.54) is 12.1 Å². The highest BCUT2D eigenvalue weighted by Gasteiger charge is 2.22. The Morgan fingerprint density at radius 1 is 1.00 bits per heavy atom. The topological polar surface area (TPSA) is 43.1 Å². The maximum absolute atomic E-state index is 13.9. The molecule has 0 aliphatic heterocycles. The average Bonchev–Trinajstić information content (AvgIpc) is 3.33. The lowest BCUT2D eigenvalue weighted by Gasteiger charge is -2.19. The molecular formula is C24H19FN4O. The van der Waals surface area contributed by atoms with Crippen LogP contribution in [0.4, 0.5) is 10.1 Å². The van der Waals surface area contributed by atoms with Crippen molar-refractivity contribution in [3.63, 3.8) is 0 Å². The quantitative estimate of drug-likeness (QED) is 0.432. The van der Waals surface area contributed by atoms with Crippen molar-refractivity contribution < 1.29 is 9.18 Å². The molecule has 3 heterocycles. The lowest BCUT2D eigenvalue weighted by molar-refractivity contribution is 0.0987. The molecule has 148 valence electrons. The van der Waals surface area contributed by atoms with Crippen LogP contribution in [0.5, 0.6) is 0 Å². The Bertz CT molecular complexity index is 1420. The SMILES string of the molecule is CN(C(=O)c1cc2cccnc2n1-c1cccc(F)c1)c1ccc2c(ccn2C)c1. The highest BCUT2D eigenvalue weighted by molar-refractivity contribution is 6.08. The monoisotopic (exact) mass is 398 g/mol. The number of rotatable bonds is 3. The molecule has 30 heavy (non-hydrogen) atoms. The summed E-state index contributed by atoms with van der Waals surface area (Å²) in [7, 11) is 3.73. The van der Waals surface area contributed by atoms with Crippen LogP contribution in [0.2, 0.25) is 0 Å². The molecule has 0 radical (unpaired) electrons. The predicted molar refractivity (Wildman–Crippen MR) is 117 cm³/mol. The van der Waals surface area contributed by atoms with E-state index in [9.17, 15) is 9.18 Å². The number of amides is 1. The van der Waals surface area contributed by atoms with E-state index in [2.05, 4.69) is 4.98 Å². The van der Waals surface area contributed by atoms with Gasteiger partial charge in [0.05, 0.1) is 5.69 Å². The molecule has 5 aromatic rings. The standard InChI is InChI=1S/C24H19FN4O/c1-27-12-10-16-13-19(8-9-21(16)27)28(2)24(30)22-14-17-5-4-11-26-23(17)29(22)20-7-3-6-18(25)15-20/h3-15H,1-2H3. The van der Waals surface area contributed by atoms with E-state index in [0.29, 0.717) is 17.0 Å². The Balaban J connectivity index is 1.64. The lowest BCUT2D eigenvalue weighted by Crippen LogP contribution is -2.28. The second-order valence-corrected chi connectivity index (χ2v) is 7.30. The van der Waals surface area contributed by atoms with E-state index in [4.69, 9.17) is 0 Å². The molecule has 5 rings (SSSR count). The second kappa shape index (κ2) is 6.84. The molecule has 3 aromatic heterocycles. The summed E-state index contributed by atoms with van der Waals surface area (Å²) in [6.45, 7) is 0. The Labute approximate surface area is 172 Å². The van der Waals surface area contributed by atoms with E-state index < -0.39 is 0 Å².